The minimum absolute atomic E-state index is 0.0435. The summed E-state index contributed by atoms with van der Waals surface area (Å²) >= 11 is 0. The predicted octanol–water partition coefficient (Wildman–Crippen LogP) is 2.27. The summed E-state index contributed by atoms with van der Waals surface area (Å²) in [7, 11) is 0. The standard InChI is InChI=1S/C14H20O3/c1-10(2)5-7-16-11(3)13-8-12(15)4-6-14(13)9-17-14/h4-6,11,13H,7-9H2,1-3H3. The van der Waals surface area contributed by atoms with E-state index in [4.69, 9.17) is 9.47 Å². The van der Waals surface area contributed by atoms with Crippen molar-refractivity contribution in [2.75, 3.05) is 13.2 Å². The van der Waals surface area contributed by atoms with Gasteiger partial charge in [-0.15, -0.1) is 0 Å². The highest BCUT2D eigenvalue weighted by Crippen LogP contribution is 2.43. The molecule has 0 aromatic heterocycles. The molecule has 17 heavy (non-hydrogen) atoms. The Kier molecular flexibility index (Phi) is 3.50. The van der Waals surface area contributed by atoms with Gasteiger partial charge < -0.3 is 9.47 Å². The Bertz CT molecular complexity index is 360. The summed E-state index contributed by atoms with van der Waals surface area (Å²) < 4.78 is 11.3. The molecular formula is C14H20O3. The van der Waals surface area contributed by atoms with E-state index in [2.05, 4.69) is 6.08 Å². The number of hydrogen-bond donors (Lipinski definition) is 0. The van der Waals surface area contributed by atoms with Crippen LogP contribution in [0.4, 0.5) is 0 Å². The molecule has 2 aliphatic rings. The topological polar surface area (TPSA) is 38.8 Å². The SMILES string of the molecule is CC(C)=CCOC(C)C1CC(=O)C=CC12CO2. The monoisotopic (exact) mass is 236 g/mol. The lowest BCUT2D eigenvalue weighted by atomic mass is 9.80. The van der Waals surface area contributed by atoms with Gasteiger partial charge in [-0.25, -0.2) is 0 Å². The molecule has 1 heterocycles. The molecule has 1 aliphatic heterocycles. The second kappa shape index (κ2) is 4.75. The number of epoxide rings is 1. The van der Waals surface area contributed by atoms with E-state index in [9.17, 15) is 4.79 Å². The molecule has 0 N–H and O–H groups in total. The van der Waals surface area contributed by atoms with Gasteiger partial charge in [0.05, 0.1) is 19.3 Å². The highest BCUT2D eigenvalue weighted by Gasteiger charge is 2.53. The van der Waals surface area contributed by atoms with Crippen molar-refractivity contribution in [2.24, 2.45) is 5.92 Å². The van der Waals surface area contributed by atoms with Crippen molar-refractivity contribution >= 4 is 5.78 Å². The Morgan fingerprint density at radius 2 is 2.41 bits per heavy atom. The lowest BCUT2D eigenvalue weighted by molar-refractivity contribution is -0.118. The van der Waals surface area contributed by atoms with Gasteiger partial charge in [0.15, 0.2) is 5.78 Å². The molecule has 3 heteroatoms. The fraction of sp³-hybridized carbons (Fsp3) is 0.643. The second-order valence-electron chi connectivity index (χ2n) is 5.17. The molecule has 0 aromatic carbocycles. The van der Waals surface area contributed by atoms with Gasteiger partial charge in [0, 0.05) is 12.3 Å². The van der Waals surface area contributed by atoms with Crippen molar-refractivity contribution in [3.8, 4) is 0 Å². The molecule has 3 atom stereocenters. The van der Waals surface area contributed by atoms with Gasteiger partial charge in [-0.05, 0) is 32.9 Å². The van der Waals surface area contributed by atoms with E-state index in [1.54, 1.807) is 6.08 Å². The van der Waals surface area contributed by atoms with E-state index >= 15 is 0 Å². The predicted molar refractivity (Wildman–Crippen MR) is 65.8 cm³/mol. The molecule has 1 aliphatic carbocycles. The fourth-order valence-electron chi connectivity index (χ4n) is 2.25. The fourth-order valence-corrected chi connectivity index (χ4v) is 2.25. The maximum atomic E-state index is 11.5. The molecule has 1 fully saturated rings. The molecule has 0 amide bonds. The van der Waals surface area contributed by atoms with Gasteiger partial charge in [0.1, 0.15) is 5.60 Å². The molecule has 0 bridgehead atoms. The smallest absolute Gasteiger partial charge is 0.155 e. The summed E-state index contributed by atoms with van der Waals surface area (Å²) in [5.74, 6) is 0.333. The highest BCUT2D eigenvalue weighted by molar-refractivity contribution is 5.91. The van der Waals surface area contributed by atoms with Crippen LogP contribution in [0.15, 0.2) is 23.8 Å². The average molecular weight is 236 g/mol. The van der Waals surface area contributed by atoms with Gasteiger partial charge in [-0.1, -0.05) is 11.6 Å². The van der Waals surface area contributed by atoms with Crippen LogP contribution in [0.5, 0.6) is 0 Å². The number of ketones is 1. The van der Waals surface area contributed by atoms with Crippen LogP contribution < -0.4 is 0 Å². The number of carbonyl (C=O) groups is 1. The highest BCUT2D eigenvalue weighted by atomic mass is 16.6. The molecular weight excluding hydrogens is 216 g/mol. The Labute approximate surface area is 102 Å². The quantitative estimate of drug-likeness (QED) is 0.555. The number of rotatable bonds is 4. The summed E-state index contributed by atoms with van der Waals surface area (Å²) in [6, 6.07) is 0. The minimum Gasteiger partial charge on any atom is -0.374 e. The number of carbonyl (C=O) groups excluding carboxylic acids is 1. The van der Waals surface area contributed by atoms with Crippen molar-refractivity contribution in [2.45, 2.75) is 38.9 Å². The molecule has 1 spiro atoms. The molecule has 3 nitrogen and oxygen atoms in total. The van der Waals surface area contributed by atoms with E-state index < -0.39 is 0 Å². The van der Waals surface area contributed by atoms with Crippen molar-refractivity contribution in [3.63, 3.8) is 0 Å². The number of hydrogen-bond acceptors (Lipinski definition) is 3. The Morgan fingerprint density at radius 1 is 1.71 bits per heavy atom. The number of allylic oxidation sites excluding steroid dienone is 2. The maximum absolute atomic E-state index is 11.5. The zero-order valence-electron chi connectivity index (χ0n) is 10.7. The summed E-state index contributed by atoms with van der Waals surface area (Å²) in [6.07, 6.45) is 6.18. The molecule has 0 aromatic rings. The van der Waals surface area contributed by atoms with Crippen molar-refractivity contribution in [3.05, 3.63) is 23.8 Å². The molecule has 3 unspecified atom stereocenters. The molecule has 1 saturated heterocycles. The van der Waals surface area contributed by atoms with Gasteiger partial charge in [-0.3, -0.25) is 4.79 Å². The van der Waals surface area contributed by atoms with Gasteiger partial charge in [0.25, 0.3) is 0 Å². The third kappa shape index (κ3) is 2.85. The summed E-state index contributed by atoms with van der Waals surface area (Å²) in [6.45, 7) is 7.45. The van der Waals surface area contributed by atoms with E-state index in [-0.39, 0.29) is 23.4 Å². The summed E-state index contributed by atoms with van der Waals surface area (Å²) in [4.78, 5) is 11.5. The zero-order chi connectivity index (χ0) is 12.5. The molecule has 0 radical (unpaired) electrons. The van der Waals surface area contributed by atoms with Crippen LogP contribution in [0, 0.1) is 5.92 Å². The largest absolute Gasteiger partial charge is 0.374 e. The van der Waals surface area contributed by atoms with Gasteiger partial charge >= 0.3 is 0 Å². The molecule has 94 valence electrons. The molecule has 0 saturated carbocycles. The third-order valence-electron chi connectivity index (χ3n) is 3.50. The average Bonchev–Trinajstić information content (AvgIpc) is 3.02. The van der Waals surface area contributed by atoms with Crippen LogP contribution >= 0.6 is 0 Å². The first-order chi connectivity index (χ1) is 8.03. The summed E-state index contributed by atoms with van der Waals surface area (Å²) in [5, 5.41) is 0. The van der Waals surface area contributed by atoms with Gasteiger partial charge in [0.2, 0.25) is 0 Å². The lowest BCUT2D eigenvalue weighted by Crippen LogP contribution is -2.37. The van der Waals surface area contributed by atoms with Crippen molar-refractivity contribution in [1.29, 1.82) is 0 Å². The normalized spacial score (nSPS) is 32.6. The minimum atomic E-state index is -0.210. The van der Waals surface area contributed by atoms with Crippen molar-refractivity contribution in [1.82, 2.24) is 0 Å². The Balaban J connectivity index is 1.94. The Hall–Kier alpha value is -0.930. The first-order valence-electron chi connectivity index (χ1n) is 6.14. The van der Waals surface area contributed by atoms with E-state index in [1.165, 1.54) is 5.57 Å². The third-order valence-corrected chi connectivity index (χ3v) is 3.50. The van der Waals surface area contributed by atoms with Crippen LogP contribution in [-0.4, -0.2) is 30.7 Å². The Morgan fingerprint density at radius 3 is 3.00 bits per heavy atom. The zero-order valence-corrected chi connectivity index (χ0v) is 10.7. The maximum Gasteiger partial charge on any atom is 0.155 e. The second-order valence-corrected chi connectivity index (χ2v) is 5.17. The van der Waals surface area contributed by atoms with E-state index in [0.717, 1.165) is 6.61 Å². The summed E-state index contributed by atoms with van der Waals surface area (Å²) in [5.41, 5.74) is 1.03. The van der Waals surface area contributed by atoms with Gasteiger partial charge in [-0.2, -0.15) is 0 Å². The van der Waals surface area contributed by atoms with E-state index in [1.807, 2.05) is 26.8 Å². The van der Waals surface area contributed by atoms with Crippen LogP contribution in [0.2, 0.25) is 0 Å². The van der Waals surface area contributed by atoms with Crippen LogP contribution in [0.25, 0.3) is 0 Å². The van der Waals surface area contributed by atoms with Crippen LogP contribution in [-0.2, 0) is 14.3 Å². The first kappa shape index (κ1) is 12.5. The lowest BCUT2D eigenvalue weighted by Gasteiger charge is -2.29. The van der Waals surface area contributed by atoms with Crippen molar-refractivity contribution < 1.29 is 14.3 Å². The first-order valence-corrected chi connectivity index (χ1v) is 6.14. The van der Waals surface area contributed by atoms with Crippen LogP contribution in [0.3, 0.4) is 0 Å². The van der Waals surface area contributed by atoms with Crippen LogP contribution in [0.1, 0.15) is 27.2 Å². The number of ether oxygens (including phenoxy) is 2. The molecule has 2 rings (SSSR count). The van der Waals surface area contributed by atoms with E-state index in [0.29, 0.717) is 13.0 Å².